The third-order valence-electron chi connectivity index (χ3n) is 3.33. The second kappa shape index (κ2) is 4.19. The van der Waals surface area contributed by atoms with Crippen LogP contribution in [0.4, 0.5) is 5.69 Å². The van der Waals surface area contributed by atoms with Crippen molar-refractivity contribution in [2.75, 3.05) is 11.9 Å². The van der Waals surface area contributed by atoms with E-state index >= 15 is 0 Å². The number of benzene rings is 2. The molecule has 0 bridgehead atoms. The summed E-state index contributed by atoms with van der Waals surface area (Å²) < 4.78 is 1.17. The van der Waals surface area contributed by atoms with E-state index in [1.165, 1.54) is 32.4 Å². The van der Waals surface area contributed by atoms with Crippen LogP contribution in [0.2, 0.25) is 0 Å². The van der Waals surface area contributed by atoms with E-state index in [4.69, 9.17) is 0 Å². The lowest BCUT2D eigenvalue weighted by Gasteiger charge is -2.10. The van der Waals surface area contributed by atoms with E-state index in [9.17, 15) is 0 Å². The number of fused-ring (bicyclic) bond motifs is 1. The maximum atomic E-state index is 3.60. The molecule has 1 nitrogen and oxygen atoms in total. The van der Waals surface area contributed by atoms with Crippen LogP contribution in [0.3, 0.4) is 0 Å². The van der Waals surface area contributed by atoms with Gasteiger partial charge in [0.2, 0.25) is 0 Å². The molecule has 0 amide bonds. The Bertz CT molecular complexity index is 575. The van der Waals surface area contributed by atoms with Crippen LogP contribution in [0.25, 0.3) is 11.1 Å². The molecule has 0 fully saturated rings. The Hall–Kier alpha value is -1.28. The Morgan fingerprint density at radius 3 is 2.88 bits per heavy atom. The first-order valence-corrected chi connectivity index (χ1v) is 6.67. The number of hydrogen-bond donors (Lipinski definition) is 1. The monoisotopic (exact) mass is 287 g/mol. The lowest BCUT2D eigenvalue weighted by molar-refractivity contribution is 1.11. The number of rotatable bonds is 1. The summed E-state index contributed by atoms with van der Waals surface area (Å²) >= 11 is 3.60. The van der Waals surface area contributed by atoms with Gasteiger partial charge in [-0.3, -0.25) is 0 Å². The lowest BCUT2D eigenvalue weighted by atomic mass is 10.00. The molecule has 17 heavy (non-hydrogen) atoms. The van der Waals surface area contributed by atoms with Crippen molar-refractivity contribution in [1.29, 1.82) is 0 Å². The fourth-order valence-electron chi connectivity index (χ4n) is 2.34. The lowest BCUT2D eigenvalue weighted by Crippen LogP contribution is -1.93. The zero-order chi connectivity index (χ0) is 11.8. The number of para-hydroxylation sites is 1. The first-order valence-electron chi connectivity index (χ1n) is 5.88. The topological polar surface area (TPSA) is 12.0 Å². The Morgan fingerprint density at radius 2 is 2.06 bits per heavy atom. The number of halogens is 1. The molecule has 2 heteroatoms. The quantitative estimate of drug-likeness (QED) is 0.820. The Morgan fingerprint density at radius 1 is 1.18 bits per heavy atom. The van der Waals surface area contributed by atoms with E-state index < -0.39 is 0 Å². The molecule has 3 rings (SSSR count). The molecule has 2 aromatic carbocycles. The van der Waals surface area contributed by atoms with Crippen LogP contribution < -0.4 is 5.32 Å². The summed E-state index contributed by atoms with van der Waals surface area (Å²) in [5, 5.41) is 3.49. The van der Waals surface area contributed by atoms with E-state index in [0.29, 0.717) is 0 Å². The number of aryl methyl sites for hydroxylation is 1. The van der Waals surface area contributed by atoms with Crippen LogP contribution in [-0.4, -0.2) is 6.54 Å². The number of hydrogen-bond acceptors (Lipinski definition) is 1. The van der Waals surface area contributed by atoms with Gasteiger partial charge in [0.15, 0.2) is 0 Å². The predicted octanol–water partition coefficient (Wildman–Crippen LogP) is 4.39. The molecule has 0 saturated carbocycles. The minimum Gasteiger partial charge on any atom is -0.384 e. The third kappa shape index (κ3) is 1.87. The molecule has 1 aliphatic heterocycles. The first-order chi connectivity index (χ1) is 8.25. The average Bonchev–Trinajstić information content (AvgIpc) is 2.80. The van der Waals surface area contributed by atoms with Gasteiger partial charge in [-0.15, -0.1) is 0 Å². The van der Waals surface area contributed by atoms with E-state index in [2.05, 4.69) is 64.6 Å². The highest BCUT2D eigenvalue weighted by Crippen LogP contribution is 2.35. The molecule has 0 unspecified atom stereocenters. The molecule has 0 aromatic heterocycles. The molecule has 0 spiro atoms. The fourth-order valence-corrected chi connectivity index (χ4v) is 2.72. The van der Waals surface area contributed by atoms with Gasteiger partial charge in [-0.2, -0.15) is 0 Å². The van der Waals surface area contributed by atoms with Crippen LogP contribution in [0.1, 0.15) is 11.1 Å². The molecule has 0 aliphatic carbocycles. The van der Waals surface area contributed by atoms with Crippen molar-refractivity contribution in [3.8, 4) is 11.1 Å². The van der Waals surface area contributed by atoms with E-state index in [0.717, 1.165) is 13.0 Å². The van der Waals surface area contributed by atoms with Gasteiger partial charge < -0.3 is 5.32 Å². The van der Waals surface area contributed by atoms with Gasteiger partial charge in [0.05, 0.1) is 0 Å². The molecule has 86 valence electrons. The van der Waals surface area contributed by atoms with Crippen molar-refractivity contribution < 1.29 is 0 Å². The average molecular weight is 288 g/mol. The summed E-state index contributed by atoms with van der Waals surface area (Å²) in [5.41, 5.74) is 6.59. The van der Waals surface area contributed by atoms with E-state index in [1.807, 2.05) is 0 Å². The largest absolute Gasteiger partial charge is 0.384 e. The Labute approximate surface area is 110 Å². The Balaban J connectivity index is 2.15. The summed E-state index contributed by atoms with van der Waals surface area (Å²) in [5.74, 6) is 0. The fraction of sp³-hybridized carbons (Fsp3) is 0.200. The minimum atomic E-state index is 1.05. The molecular formula is C15H14BrN. The minimum absolute atomic E-state index is 1.05. The van der Waals surface area contributed by atoms with E-state index in [-0.39, 0.29) is 0 Å². The van der Waals surface area contributed by atoms with Crippen molar-refractivity contribution in [3.63, 3.8) is 0 Å². The van der Waals surface area contributed by atoms with Gasteiger partial charge in [0, 0.05) is 22.3 Å². The molecule has 0 saturated heterocycles. The highest BCUT2D eigenvalue weighted by Gasteiger charge is 2.14. The predicted molar refractivity (Wildman–Crippen MR) is 76.5 cm³/mol. The molecule has 1 heterocycles. The van der Waals surface area contributed by atoms with Gasteiger partial charge in [0.25, 0.3) is 0 Å². The normalized spacial score (nSPS) is 13.3. The van der Waals surface area contributed by atoms with E-state index in [1.54, 1.807) is 0 Å². The molecule has 1 aliphatic rings. The van der Waals surface area contributed by atoms with Crippen LogP contribution in [0, 0.1) is 6.92 Å². The van der Waals surface area contributed by atoms with Gasteiger partial charge >= 0.3 is 0 Å². The van der Waals surface area contributed by atoms with Crippen molar-refractivity contribution in [2.24, 2.45) is 0 Å². The highest BCUT2D eigenvalue weighted by atomic mass is 79.9. The molecule has 2 aromatic rings. The van der Waals surface area contributed by atoms with Crippen molar-refractivity contribution in [3.05, 3.63) is 52.0 Å². The second-order valence-corrected chi connectivity index (χ2v) is 5.33. The van der Waals surface area contributed by atoms with Crippen LogP contribution in [0.5, 0.6) is 0 Å². The Kier molecular flexibility index (Phi) is 2.67. The standard InChI is InChI=1S/C15H14BrN/c1-10-5-6-12(9-14(10)16)13-4-2-3-11-7-8-17-15(11)13/h2-6,9,17H,7-8H2,1H3. The van der Waals surface area contributed by atoms with Gasteiger partial charge in [-0.05, 0) is 36.1 Å². The molecule has 0 radical (unpaired) electrons. The zero-order valence-electron chi connectivity index (χ0n) is 9.76. The molecule has 1 N–H and O–H groups in total. The summed E-state index contributed by atoms with van der Waals surface area (Å²) in [6.45, 7) is 3.17. The SMILES string of the molecule is Cc1ccc(-c2cccc3c2NCC3)cc1Br. The summed E-state index contributed by atoms with van der Waals surface area (Å²) in [6.07, 6.45) is 1.14. The second-order valence-electron chi connectivity index (χ2n) is 4.48. The maximum absolute atomic E-state index is 3.60. The van der Waals surface area contributed by atoms with Crippen molar-refractivity contribution in [1.82, 2.24) is 0 Å². The van der Waals surface area contributed by atoms with Crippen molar-refractivity contribution >= 4 is 21.6 Å². The zero-order valence-corrected chi connectivity index (χ0v) is 11.3. The summed E-state index contributed by atoms with van der Waals surface area (Å²) in [4.78, 5) is 0. The van der Waals surface area contributed by atoms with Gasteiger partial charge in [-0.1, -0.05) is 46.3 Å². The van der Waals surface area contributed by atoms with Gasteiger partial charge in [0.1, 0.15) is 0 Å². The summed E-state index contributed by atoms with van der Waals surface area (Å²) in [6, 6.07) is 13.1. The molecular weight excluding hydrogens is 274 g/mol. The van der Waals surface area contributed by atoms with Gasteiger partial charge in [-0.25, -0.2) is 0 Å². The third-order valence-corrected chi connectivity index (χ3v) is 4.18. The maximum Gasteiger partial charge on any atom is 0.0453 e. The van der Waals surface area contributed by atoms with Crippen LogP contribution >= 0.6 is 15.9 Å². The molecule has 0 atom stereocenters. The van der Waals surface area contributed by atoms with Crippen LogP contribution in [-0.2, 0) is 6.42 Å². The smallest absolute Gasteiger partial charge is 0.0453 e. The van der Waals surface area contributed by atoms with Crippen LogP contribution in [0.15, 0.2) is 40.9 Å². The number of nitrogens with one attached hydrogen (secondary N) is 1. The highest BCUT2D eigenvalue weighted by molar-refractivity contribution is 9.10. The summed E-state index contributed by atoms with van der Waals surface area (Å²) in [7, 11) is 0. The van der Waals surface area contributed by atoms with Crippen molar-refractivity contribution in [2.45, 2.75) is 13.3 Å². The number of anilines is 1. The first kappa shape index (κ1) is 10.8.